The van der Waals surface area contributed by atoms with E-state index in [1.54, 1.807) is 29.2 Å². The highest BCUT2D eigenvalue weighted by Crippen LogP contribution is 2.37. The van der Waals surface area contributed by atoms with Crippen LogP contribution in [0.1, 0.15) is 16.5 Å². The largest absolute Gasteiger partial charge is 0.246 e. The molecule has 0 amide bonds. The van der Waals surface area contributed by atoms with Gasteiger partial charge in [0.25, 0.3) is 0 Å². The number of thioether (sulfide) groups is 1. The van der Waals surface area contributed by atoms with Crippen molar-refractivity contribution < 1.29 is 12.8 Å². The quantitative estimate of drug-likeness (QED) is 0.839. The summed E-state index contributed by atoms with van der Waals surface area (Å²) in [7, 11) is -3.76. The minimum Gasteiger partial charge on any atom is -0.207 e. The van der Waals surface area contributed by atoms with Crippen molar-refractivity contribution in [3.63, 3.8) is 0 Å². The molecule has 2 heterocycles. The van der Waals surface area contributed by atoms with Gasteiger partial charge in [0.15, 0.2) is 0 Å². The molecule has 1 aliphatic heterocycles. The summed E-state index contributed by atoms with van der Waals surface area (Å²) in [6.45, 7) is 0.843. The Morgan fingerprint density at radius 1 is 1.14 bits per heavy atom. The number of sulfonamides is 1. The molecule has 0 spiro atoms. The molecule has 1 atom stereocenters. The maximum atomic E-state index is 13.8. The monoisotopic (exact) mass is 357 g/mol. The molecule has 7 heteroatoms. The van der Waals surface area contributed by atoms with Crippen LogP contribution in [0.5, 0.6) is 0 Å². The lowest BCUT2D eigenvalue weighted by molar-refractivity contribution is 0.424. The molecule has 3 rings (SSSR count). The van der Waals surface area contributed by atoms with Crippen LogP contribution < -0.4 is 0 Å². The molecular weight excluding hydrogens is 341 g/mol. The van der Waals surface area contributed by atoms with E-state index in [4.69, 9.17) is 0 Å². The van der Waals surface area contributed by atoms with E-state index < -0.39 is 15.8 Å². The maximum absolute atomic E-state index is 13.8. The first-order chi connectivity index (χ1) is 10.6. The molecule has 0 N–H and O–H groups in total. The second kappa shape index (κ2) is 6.70. The van der Waals surface area contributed by atoms with E-state index in [1.165, 1.54) is 27.4 Å². The van der Waals surface area contributed by atoms with E-state index in [0.29, 0.717) is 18.3 Å². The smallest absolute Gasteiger partial charge is 0.207 e. The predicted octanol–water partition coefficient (Wildman–Crippen LogP) is 3.76. The number of thiophene rings is 1. The molecule has 0 radical (unpaired) electrons. The minimum atomic E-state index is -3.76. The summed E-state index contributed by atoms with van der Waals surface area (Å²) in [6, 6.07) is 9.67. The summed E-state index contributed by atoms with van der Waals surface area (Å²) in [5.74, 6) is 0.0326. The Morgan fingerprint density at radius 2 is 1.95 bits per heavy atom. The topological polar surface area (TPSA) is 37.4 Å². The molecule has 1 aromatic carbocycles. The fraction of sp³-hybridized carbons (Fsp3) is 0.333. The Kier molecular flexibility index (Phi) is 4.87. The highest BCUT2D eigenvalue weighted by atomic mass is 32.2. The van der Waals surface area contributed by atoms with E-state index in [2.05, 4.69) is 6.07 Å². The molecule has 1 aromatic heterocycles. The molecule has 0 bridgehead atoms. The van der Waals surface area contributed by atoms with E-state index in [1.807, 2.05) is 11.4 Å². The zero-order valence-corrected chi connectivity index (χ0v) is 14.3. The number of nitrogens with zero attached hydrogens (tertiary/aromatic N) is 1. The van der Waals surface area contributed by atoms with Gasteiger partial charge in [-0.3, -0.25) is 0 Å². The van der Waals surface area contributed by atoms with Crippen molar-refractivity contribution in [1.82, 2.24) is 4.31 Å². The van der Waals surface area contributed by atoms with Crippen molar-refractivity contribution in [2.75, 3.05) is 18.8 Å². The average Bonchev–Trinajstić information content (AvgIpc) is 2.91. The normalized spacial score (nSPS) is 20.7. The Balaban J connectivity index is 1.80. The zero-order chi connectivity index (χ0) is 15.6. The number of halogens is 1. The van der Waals surface area contributed by atoms with Crippen molar-refractivity contribution in [3.05, 3.63) is 52.5 Å². The number of hydrogen-bond donors (Lipinski definition) is 0. The van der Waals surface area contributed by atoms with Gasteiger partial charge in [0.1, 0.15) is 10.7 Å². The summed E-state index contributed by atoms with van der Waals surface area (Å²) in [4.78, 5) is 1.05. The number of benzene rings is 1. The summed E-state index contributed by atoms with van der Waals surface area (Å²) >= 11 is 3.47. The highest BCUT2D eigenvalue weighted by molar-refractivity contribution is 7.99. The first-order valence-electron chi connectivity index (χ1n) is 6.99. The van der Waals surface area contributed by atoms with Crippen LogP contribution in [0.15, 0.2) is 46.7 Å². The fourth-order valence-electron chi connectivity index (χ4n) is 2.49. The molecule has 118 valence electrons. The lowest BCUT2D eigenvalue weighted by Crippen LogP contribution is -2.33. The molecule has 22 heavy (non-hydrogen) atoms. The molecule has 1 saturated heterocycles. The van der Waals surface area contributed by atoms with Crippen molar-refractivity contribution >= 4 is 33.1 Å². The van der Waals surface area contributed by atoms with Crippen LogP contribution in [0, 0.1) is 5.82 Å². The predicted molar refractivity (Wildman–Crippen MR) is 89.3 cm³/mol. The Hall–Kier alpha value is -0.890. The van der Waals surface area contributed by atoms with Gasteiger partial charge in [0.2, 0.25) is 10.0 Å². The molecular formula is C15H16FNO2S3. The van der Waals surface area contributed by atoms with Crippen LogP contribution in [-0.4, -0.2) is 31.6 Å². The number of hydrogen-bond acceptors (Lipinski definition) is 4. The lowest BCUT2D eigenvalue weighted by atomic mass is 10.2. The van der Waals surface area contributed by atoms with Gasteiger partial charge in [-0.25, -0.2) is 12.8 Å². The van der Waals surface area contributed by atoms with E-state index in [9.17, 15) is 12.8 Å². The number of rotatable bonds is 3. The third-order valence-electron chi connectivity index (χ3n) is 3.62. The van der Waals surface area contributed by atoms with Crippen LogP contribution in [0.4, 0.5) is 4.39 Å². The third kappa shape index (κ3) is 3.22. The summed E-state index contributed by atoms with van der Waals surface area (Å²) < 4.78 is 40.5. The Labute approximate surface area is 138 Å². The van der Waals surface area contributed by atoms with E-state index in [0.717, 1.165) is 12.2 Å². The molecule has 1 aliphatic rings. The first kappa shape index (κ1) is 16.0. The highest BCUT2D eigenvalue weighted by Gasteiger charge is 2.30. The van der Waals surface area contributed by atoms with Crippen molar-refractivity contribution in [1.29, 1.82) is 0 Å². The van der Waals surface area contributed by atoms with Crippen LogP contribution in [0.2, 0.25) is 0 Å². The van der Waals surface area contributed by atoms with Crippen LogP contribution >= 0.6 is 23.1 Å². The molecule has 0 saturated carbocycles. The van der Waals surface area contributed by atoms with Crippen molar-refractivity contribution in [2.24, 2.45) is 0 Å². The lowest BCUT2D eigenvalue weighted by Gasteiger charge is -2.20. The average molecular weight is 357 g/mol. The fourth-order valence-corrected chi connectivity index (χ4v) is 6.36. The standard InChI is InChI=1S/C15H16FNO2S3/c16-12-4-1-2-6-15(12)22(18,19)17-8-7-14(21-11-9-17)13-5-3-10-20-13/h1-6,10,14H,7-9,11H2. The van der Waals surface area contributed by atoms with Gasteiger partial charge < -0.3 is 0 Å². The van der Waals surface area contributed by atoms with Gasteiger partial charge in [0, 0.05) is 29.0 Å². The Bertz CT molecular complexity index is 731. The van der Waals surface area contributed by atoms with Crippen LogP contribution in [-0.2, 0) is 10.0 Å². The van der Waals surface area contributed by atoms with E-state index >= 15 is 0 Å². The van der Waals surface area contributed by atoms with Gasteiger partial charge >= 0.3 is 0 Å². The molecule has 1 unspecified atom stereocenters. The van der Waals surface area contributed by atoms with Gasteiger partial charge in [-0.05, 0) is 30.0 Å². The maximum Gasteiger partial charge on any atom is 0.246 e. The molecule has 1 fully saturated rings. The Morgan fingerprint density at radius 3 is 2.68 bits per heavy atom. The van der Waals surface area contributed by atoms with Gasteiger partial charge in [-0.1, -0.05) is 18.2 Å². The third-order valence-corrected chi connectivity index (χ3v) is 7.99. The SMILES string of the molecule is O=S(=O)(c1ccccc1F)N1CCSC(c2cccs2)CC1. The molecule has 0 aliphatic carbocycles. The van der Waals surface area contributed by atoms with Crippen LogP contribution in [0.25, 0.3) is 0 Å². The zero-order valence-electron chi connectivity index (χ0n) is 11.8. The second-order valence-electron chi connectivity index (χ2n) is 5.00. The summed E-state index contributed by atoms with van der Waals surface area (Å²) in [5, 5.41) is 2.36. The second-order valence-corrected chi connectivity index (χ2v) is 9.19. The van der Waals surface area contributed by atoms with Gasteiger partial charge in [-0.2, -0.15) is 16.1 Å². The van der Waals surface area contributed by atoms with E-state index in [-0.39, 0.29) is 4.90 Å². The molecule has 3 nitrogen and oxygen atoms in total. The van der Waals surface area contributed by atoms with Gasteiger partial charge in [0.05, 0.1) is 0 Å². The summed E-state index contributed by atoms with van der Waals surface area (Å²) in [6.07, 6.45) is 0.749. The van der Waals surface area contributed by atoms with Crippen LogP contribution in [0.3, 0.4) is 0 Å². The van der Waals surface area contributed by atoms with Crippen molar-refractivity contribution in [3.8, 4) is 0 Å². The summed E-state index contributed by atoms with van der Waals surface area (Å²) in [5.41, 5.74) is 0. The van der Waals surface area contributed by atoms with Gasteiger partial charge in [-0.15, -0.1) is 11.3 Å². The minimum absolute atomic E-state index is 0.227. The first-order valence-corrected chi connectivity index (χ1v) is 10.4. The molecule has 2 aromatic rings. The van der Waals surface area contributed by atoms with Crippen molar-refractivity contribution in [2.45, 2.75) is 16.6 Å².